The smallest absolute Gasteiger partial charge is 0.264 e. The monoisotopic (exact) mass is 552 g/mol. The summed E-state index contributed by atoms with van der Waals surface area (Å²) in [4.78, 5) is 18.6. The van der Waals surface area contributed by atoms with Gasteiger partial charge in [0.2, 0.25) is 8.38 Å². The highest BCUT2D eigenvalue weighted by Gasteiger charge is 2.25. The summed E-state index contributed by atoms with van der Waals surface area (Å²) in [5, 5.41) is 4.42. The molecule has 1 aliphatic rings. The highest BCUT2D eigenvalue weighted by molar-refractivity contribution is 7.56. The molecule has 6 nitrogen and oxygen atoms in total. The lowest BCUT2D eigenvalue weighted by molar-refractivity contribution is 0.0751. The lowest BCUT2D eigenvalue weighted by Gasteiger charge is -2.36. The molecule has 1 amide bonds. The fourth-order valence-corrected chi connectivity index (χ4v) is 7.24. The average molecular weight is 553 g/mol. The third-order valence-corrected chi connectivity index (χ3v) is 9.33. The molecular formula is C30H37N2O4PS. The molecule has 0 spiro atoms. The van der Waals surface area contributed by atoms with Crippen molar-refractivity contribution in [1.29, 1.82) is 0 Å². The summed E-state index contributed by atoms with van der Waals surface area (Å²) in [6.07, 6.45) is 0. The van der Waals surface area contributed by atoms with Crippen LogP contribution in [0.3, 0.4) is 0 Å². The standard InChI is InChI=1S/C28H31N2O4PS.C2H6/c1-4-33-35(34-5-2)25-18-20-19-26(36-27(20)24-9-7-6-8-23(24)25)28(31)30-16-14-29(15-17-30)21-10-12-22(32-3)13-11-21;1-2/h6-13,18-19H,4-5,14-17H2,1-3H3;1-2H3. The molecule has 1 saturated heterocycles. The SMILES string of the molecule is CC.CCOP(OCC)c1cc2cc(C(=O)N3CCN(c4ccc(OC)cc4)CC3)sc2c2ccccc12. The Bertz CT molecular complexity index is 1340. The molecule has 0 radical (unpaired) electrons. The minimum atomic E-state index is -1.18. The first-order chi connectivity index (χ1) is 18.6. The Kier molecular flexibility index (Phi) is 9.97. The van der Waals surface area contributed by atoms with Gasteiger partial charge in [0.25, 0.3) is 5.91 Å². The molecule has 4 aromatic rings. The van der Waals surface area contributed by atoms with Crippen LogP contribution in [0.25, 0.3) is 20.9 Å². The van der Waals surface area contributed by atoms with Crippen LogP contribution < -0.4 is 14.9 Å². The number of benzene rings is 3. The molecule has 2 heterocycles. The normalized spacial score (nSPS) is 13.6. The van der Waals surface area contributed by atoms with E-state index in [0.717, 1.165) is 55.6 Å². The summed E-state index contributed by atoms with van der Waals surface area (Å²) >= 11 is 1.58. The second kappa shape index (κ2) is 13.4. The van der Waals surface area contributed by atoms with Crippen molar-refractivity contribution in [2.24, 2.45) is 0 Å². The molecule has 8 heteroatoms. The maximum atomic E-state index is 13.5. The van der Waals surface area contributed by atoms with Gasteiger partial charge in [-0.25, -0.2) is 0 Å². The third-order valence-electron chi connectivity index (χ3n) is 6.41. The summed E-state index contributed by atoms with van der Waals surface area (Å²) in [7, 11) is 0.493. The number of hydrogen-bond donors (Lipinski definition) is 0. The molecule has 0 atom stereocenters. The Hall–Kier alpha value is -2.70. The van der Waals surface area contributed by atoms with Gasteiger partial charge in [0.1, 0.15) is 5.75 Å². The van der Waals surface area contributed by atoms with Crippen LogP contribution in [-0.2, 0) is 9.05 Å². The predicted octanol–water partition coefficient (Wildman–Crippen LogP) is 7.06. The minimum Gasteiger partial charge on any atom is -0.497 e. The lowest BCUT2D eigenvalue weighted by Crippen LogP contribution is -2.48. The van der Waals surface area contributed by atoms with Crippen molar-refractivity contribution in [1.82, 2.24) is 4.90 Å². The minimum absolute atomic E-state index is 0.105. The van der Waals surface area contributed by atoms with E-state index in [1.807, 2.05) is 56.9 Å². The van der Waals surface area contributed by atoms with Crippen molar-refractivity contribution in [2.75, 3.05) is 51.4 Å². The van der Waals surface area contributed by atoms with E-state index < -0.39 is 8.38 Å². The van der Waals surface area contributed by atoms with E-state index in [9.17, 15) is 4.79 Å². The number of thiophene rings is 1. The number of anilines is 1. The van der Waals surface area contributed by atoms with Crippen molar-refractivity contribution in [3.8, 4) is 5.75 Å². The van der Waals surface area contributed by atoms with Crippen LogP contribution in [0.1, 0.15) is 37.4 Å². The molecule has 38 heavy (non-hydrogen) atoms. The molecular weight excluding hydrogens is 515 g/mol. The van der Waals surface area contributed by atoms with E-state index in [1.165, 1.54) is 0 Å². The molecule has 0 N–H and O–H groups in total. The van der Waals surface area contributed by atoms with Gasteiger partial charge in [0.05, 0.1) is 25.2 Å². The zero-order valence-electron chi connectivity index (χ0n) is 22.9. The lowest BCUT2D eigenvalue weighted by atomic mass is 10.1. The van der Waals surface area contributed by atoms with Crippen molar-refractivity contribution < 1.29 is 18.6 Å². The largest absolute Gasteiger partial charge is 0.497 e. The van der Waals surface area contributed by atoms with Crippen LogP contribution >= 0.6 is 19.7 Å². The number of ether oxygens (including phenoxy) is 1. The third kappa shape index (κ3) is 5.97. The van der Waals surface area contributed by atoms with Gasteiger partial charge in [-0.2, -0.15) is 0 Å². The number of amides is 1. The van der Waals surface area contributed by atoms with Gasteiger partial charge in [0.15, 0.2) is 0 Å². The molecule has 1 aromatic heterocycles. The fraction of sp³-hybridized carbons (Fsp3) is 0.367. The quantitative estimate of drug-likeness (QED) is 0.219. The molecule has 202 valence electrons. The van der Waals surface area contributed by atoms with Gasteiger partial charge >= 0.3 is 0 Å². The molecule has 0 unspecified atom stereocenters. The number of nitrogens with zero attached hydrogens (tertiary/aromatic N) is 2. The Balaban J connectivity index is 0.00000164. The van der Waals surface area contributed by atoms with Gasteiger partial charge in [-0.1, -0.05) is 38.1 Å². The summed E-state index contributed by atoms with van der Waals surface area (Å²) < 4.78 is 18.4. The number of methoxy groups -OCH3 is 1. The fourth-order valence-electron chi connectivity index (χ4n) is 4.64. The van der Waals surface area contributed by atoms with E-state index in [0.29, 0.717) is 26.3 Å². The second-order valence-corrected chi connectivity index (χ2v) is 11.1. The summed E-state index contributed by atoms with van der Waals surface area (Å²) in [6.45, 7) is 12.2. The zero-order valence-corrected chi connectivity index (χ0v) is 24.6. The van der Waals surface area contributed by atoms with Gasteiger partial charge < -0.3 is 23.6 Å². The number of fused-ring (bicyclic) bond motifs is 3. The topological polar surface area (TPSA) is 51.2 Å². The van der Waals surface area contributed by atoms with E-state index in [1.54, 1.807) is 18.4 Å². The molecule has 1 aliphatic heterocycles. The Morgan fingerprint density at radius 1 is 0.895 bits per heavy atom. The predicted molar refractivity (Wildman–Crippen MR) is 162 cm³/mol. The molecule has 1 fully saturated rings. The van der Waals surface area contributed by atoms with E-state index in [-0.39, 0.29) is 5.91 Å². The van der Waals surface area contributed by atoms with Gasteiger partial charge in [0, 0.05) is 47.3 Å². The summed E-state index contributed by atoms with van der Waals surface area (Å²) in [6, 6.07) is 20.6. The second-order valence-electron chi connectivity index (χ2n) is 8.54. The number of carbonyl (C=O) groups excluding carboxylic acids is 1. The van der Waals surface area contributed by atoms with Crippen molar-refractivity contribution >= 4 is 57.5 Å². The molecule has 5 rings (SSSR count). The van der Waals surface area contributed by atoms with E-state index >= 15 is 0 Å². The summed E-state index contributed by atoms with van der Waals surface area (Å²) in [5.74, 6) is 0.955. The van der Waals surface area contributed by atoms with Gasteiger partial charge in [-0.15, -0.1) is 11.3 Å². The van der Waals surface area contributed by atoms with Crippen molar-refractivity contribution in [2.45, 2.75) is 27.7 Å². The van der Waals surface area contributed by atoms with E-state index in [4.69, 9.17) is 13.8 Å². The molecule has 3 aromatic carbocycles. The van der Waals surface area contributed by atoms with E-state index in [2.05, 4.69) is 41.3 Å². The Morgan fingerprint density at radius 2 is 1.53 bits per heavy atom. The molecule has 0 bridgehead atoms. The van der Waals surface area contributed by atoms with Crippen LogP contribution in [0.15, 0.2) is 60.7 Å². The number of hydrogen-bond acceptors (Lipinski definition) is 6. The van der Waals surface area contributed by atoms with Crippen molar-refractivity contribution in [3.05, 3.63) is 65.5 Å². The van der Waals surface area contributed by atoms with Crippen LogP contribution in [0.4, 0.5) is 5.69 Å². The molecule has 0 aliphatic carbocycles. The van der Waals surface area contributed by atoms with Crippen LogP contribution in [0, 0.1) is 0 Å². The molecule has 0 saturated carbocycles. The maximum Gasteiger partial charge on any atom is 0.264 e. The van der Waals surface area contributed by atoms with Crippen molar-refractivity contribution in [3.63, 3.8) is 0 Å². The highest BCUT2D eigenvalue weighted by Crippen LogP contribution is 2.43. The number of carbonyl (C=O) groups is 1. The number of rotatable bonds is 8. The van der Waals surface area contributed by atoms with Crippen LogP contribution in [0.5, 0.6) is 5.75 Å². The Morgan fingerprint density at radius 3 is 2.13 bits per heavy atom. The summed E-state index contributed by atoms with van der Waals surface area (Å²) in [5.41, 5.74) is 1.16. The first-order valence-electron chi connectivity index (χ1n) is 13.3. The first kappa shape index (κ1) is 28.3. The van der Waals surface area contributed by atoms with Crippen LogP contribution in [-0.4, -0.2) is 57.3 Å². The zero-order chi connectivity index (χ0) is 27.1. The number of piperazine rings is 1. The van der Waals surface area contributed by atoms with Gasteiger partial charge in [-0.3, -0.25) is 4.79 Å². The Labute approximate surface area is 231 Å². The maximum absolute atomic E-state index is 13.5. The first-order valence-corrected chi connectivity index (χ1v) is 15.3. The van der Waals surface area contributed by atoms with Crippen LogP contribution in [0.2, 0.25) is 0 Å². The van der Waals surface area contributed by atoms with Gasteiger partial charge in [-0.05, 0) is 61.0 Å². The highest BCUT2D eigenvalue weighted by atomic mass is 32.1. The average Bonchev–Trinajstić information content (AvgIpc) is 3.42.